The van der Waals surface area contributed by atoms with Crippen LogP contribution >= 0.6 is 0 Å². The van der Waals surface area contributed by atoms with Crippen LogP contribution in [-0.2, 0) is 67.2 Å². The molecule has 1 aliphatic carbocycles. The van der Waals surface area contributed by atoms with E-state index in [2.05, 4.69) is 4.72 Å². The van der Waals surface area contributed by atoms with Gasteiger partial charge in [0.15, 0.2) is 5.78 Å². The SMILES string of the molecule is COC1CC(CC(C)[C@@H]2CC(=O)C(C)/C=C(\C)C(O)C(OC)C(=O)C(C)CC(C)/C=C/C=C/C=C(\C)C(OCCC3COC3)CC3CCC(C)C(O)(O3)C(=O)C(=O)N3CCCCC3C(=O)O2)CCC1OCCNS(C)(=O)=O. The van der Waals surface area contributed by atoms with E-state index in [1.54, 1.807) is 34.0 Å². The molecule has 15 atom stereocenters. The summed E-state index contributed by atoms with van der Waals surface area (Å²) in [6.07, 6.45) is 13.2. The molecule has 19 heteroatoms. The van der Waals surface area contributed by atoms with Crippen LogP contribution in [0.15, 0.2) is 47.6 Å². The number of fused-ring (bicyclic) bond motifs is 3. The number of Topliss-reactive ketones (excluding diaryl/α,β-unsaturated/α-hetero) is 3. The zero-order valence-corrected chi connectivity index (χ0v) is 48.3. The molecule has 3 N–H and O–H groups in total. The molecule has 5 rings (SSSR count). The number of carbonyl (C=O) groups excluding carboxylic acids is 5. The van der Waals surface area contributed by atoms with Gasteiger partial charge in [-0.25, -0.2) is 17.9 Å². The van der Waals surface area contributed by atoms with Crippen LogP contribution in [0.4, 0.5) is 0 Å². The Kier molecular flexibility index (Phi) is 25.4. The van der Waals surface area contributed by atoms with E-state index in [0.29, 0.717) is 89.1 Å². The summed E-state index contributed by atoms with van der Waals surface area (Å²) >= 11 is 0. The van der Waals surface area contributed by atoms with Gasteiger partial charge in [0, 0.05) is 70.4 Å². The minimum absolute atomic E-state index is 0.00642. The first-order valence-electron chi connectivity index (χ1n) is 28.2. The van der Waals surface area contributed by atoms with Crippen molar-refractivity contribution in [1.82, 2.24) is 9.62 Å². The number of ether oxygens (including phenoxy) is 7. The normalized spacial score (nSPS) is 37.3. The molecule has 5 aliphatic rings. The second-order valence-electron chi connectivity index (χ2n) is 22.9. The van der Waals surface area contributed by atoms with Gasteiger partial charge in [-0.15, -0.1) is 0 Å². The quantitative estimate of drug-likeness (QED) is 0.0764. The highest BCUT2D eigenvalue weighted by Crippen LogP contribution is 2.38. The summed E-state index contributed by atoms with van der Waals surface area (Å²) in [5, 5.41) is 23.8. The number of nitrogens with one attached hydrogen (secondary N) is 1. The van der Waals surface area contributed by atoms with E-state index < -0.39 is 87.8 Å². The average molecular weight is 1110 g/mol. The number of hydrogen-bond acceptors (Lipinski definition) is 16. The van der Waals surface area contributed by atoms with Crippen molar-refractivity contribution in [2.45, 2.75) is 186 Å². The molecule has 4 heterocycles. The molecule has 4 fully saturated rings. The van der Waals surface area contributed by atoms with Crippen LogP contribution in [-0.4, -0.2) is 167 Å². The Morgan fingerprint density at radius 2 is 1.60 bits per heavy atom. The number of esters is 1. The van der Waals surface area contributed by atoms with E-state index in [1.165, 1.54) is 12.0 Å². The van der Waals surface area contributed by atoms with Crippen molar-refractivity contribution in [3.05, 3.63) is 47.6 Å². The van der Waals surface area contributed by atoms with E-state index in [1.807, 2.05) is 58.1 Å². The highest BCUT2D eigenvalue weighted by Gasteiger charge is 2.53. The number of rotatable bonds is 14. The summed E-state index contributed by atoms with van der Waals surface area (Å²) < 4.78 is 67.7. The van der Waals surface area contributed by atoms with Gasteiger partial charge in [-0.3, -0.25) is 19.2 Å². The first kappa shape index (κ1) is 64.3. The van der Waals surface area contributed by atoms with Crippen LogP contribution < -0.4 is 4.72 Å². The predicted octanol–water partition coefficient (Wildman–Crippen LogP) is 6.16. The number of nitrogens with zero attached hydrogens (tertiary/aromatic N) is 1. The standard InChI is InChI=1S/C58H92N2O16S/c1-36-16-12-11-13-17-37(2)49(73-26-23-44-34-72-35-44)32-45-21-19-42(7)58(67,76-45)55(64)56(65)60-25-15-14-18-46(60)57(66)75-50(33-47(61)38(3)29-41(6)53(63)54(71-9)52(62)40(5)28-36)39(4)30-43-20-22-48(51(31-43)70-8)74-27-24-59-77(10,68)69/h11-13,16-17,29,36,38-40,42-46,48-51,53-54,59,63,67H,14-15,18-28,30-35H2,1-10H3/b13-11+,16-12+,37-17+,41-29+/t36?,38?,39?,40?,42?,43?,45?,46?,48?,49?,50-,51?,53?,54?,58?/m0/s1. The Bertz CT molecular complexity index is 2210. The van der Waals surface area contributed by atoms with E-state index in [-0.39, 0.29) is 74.1 Å². The minimum Gasteiger partial charge on any atom is -0.460 e. The van der Waals surface area contributed by atoms with E-state index in [4.69, 9.17) is 33.2 Å². The largest absolute Gasteiger partial charge is 0.460 e. The number of allylic oxidation sites excluding steroid dienone is 6. The Morgan fingerprint density at radius 3 is 2.27 bits per heavy atom. The third kappa shape index (κ3) is 18.8. The van der Waals surface area contributed by atoms with Gasteiger partial charge >= 0.3 is 5.97 Å². The number of amides is 1. The Hall–Kier alpha value is -3.50. The maximum atomic E-state index is 14.6. The number of hydrogen-bond donors (Lipinski definition) is 3. The lowest BCUT2D eigenvalue weighted by molar-refractivity contribution is -0.266. The maximum Gasteiger partial charge on any atom is 0.329 e. The highest BCUT2D eigenvalue weighted by molar-refractivity contribution is 7.88. The molecule has 14 unspecified atom stereocenters. The minimum atomic E-state index is -3.38. The molecule has 2 bridgehead atoms. The zero-order chi connectivity index (χ0) is 56.6. The van der Waals surface area contributed by atoms with Crippen molar-refractivity contribution < 1.29 is 75.8 Å². The molecule has 0 aromatic rings. The molecular formula is C58H92N2O16S. The molecule has 0 aromatic heterocycles. The van der Waals surface area contributed by atoms with Gasteiger partial charge in [0.1, 0.15) is 30.1 Å². The number of cyclic esters (lactones) is 1. The third-order valence-electron chi connectivity index (χ3n) is 16.5. The smallest absolute Gasteiger partial charge is 0.329 e. The molecular weight excluding hydrogens is 1010 g/mol. The Balaban J connectivity index is 1.44. The topological polar surface area (TPSA) is 240 Å². The van der Waals surface area contributed by atoms with Crippen molar-refractivity contribution in [2.75, 3.05) is 60.0 Å². The highest BCUT2D eigenvalue weighted by atomic mass is 32.2. The number of methoxy groups -OCH3 is 2. The Labute approximate surface area is 458 Å². The van der Waals surface area contributed by atoms with Crippen LogP contribution in [0.5, 0.6) is 0 Å². The number of carbonyl (C=O) groups is 5. The van der Waals surface area contributed by atoms with Gasteiger partial charge in [0.25, 0.3) is 11.7 Å². The summed E-state index contributed by atoms with van der Waals surface area (Å²) in [5.41, 5.74) is 1.26. The van der Waals surface area contributed by atoms with E-state index >= 15 is 0 Å². The van der Waals surface area contributed by atoms with Crippen LogP contribution in [0.2, 0.25) is 0 Å². The summed E-state index contributed by atoms with van der Waals surface area (Å²) in [6, 6.07) is -1.18. The van der Waals surface area contributed by atoms with Crippen LogP contribution in [0, 0.1) is 41.4 Å². The van der Waals surface area contributed by atoms with Crippen molar-refractivity contribution in [3.8, 4) is 0 Å². The fraction of sp³-hybridized carbons (Fsp3) is 0.776. The summed E-state index contributed by atoms with van der Waals surface area (Å²) in [4.78, 5) is 73.0. The van der Waals surface area contributed by atoms with Crippen molar-refractivity contribution in [2.24, 2.45) is 41.4 Å². The van der Waals surface area contributed by atoms with Gasteiger partial charge < -0.3 is 48.3 Å². The molecule has 4 aliphatic heterocycles. The lowest BCUT2D eigenvalue weighted by Gasteiger charge is -2.43. The summed E-state index contributed by atoms with van der Waals surface area (Å²) in [7, 11) is -0.403. The molecule has 0 spiro atoms. The van der Waals surface area contributed by atoms with E-state index in [0.717, 1.165) is 24.7 Å². The fourth-order valence-electron chi connectivity index (χ4n) is 11.5. The molecule has 18 nitrogen and oxygen atoms in total. The van der Waals surface area contributed by atoms with Crippen LogP contribution in [0.25, 0.3) is 0 Å². The van der Waals surface area contributed by atoms with Crippen molar-refractivity contribution in [3.63, 3.8) is 0 Å². The second kappa shape index (κ2) is 30.4. The zero-order valence-electron chi connectivity index (χ0n) is 47.5. The van der Waals surface area contributed by atoms with Crippen molar-refractivity contribution >= 4 is 39.2 Å². The van der Waals surface area contributed by atoms with Gasteiger partial charge in [-0.1, -0.05) is 71.1 Å². The number of aliphatic hydroxyl groups excluding tert-OH is 1. The third-order valence-corrected chi connectivity index (χ3v) is 17.2. The van der Waals surface area contributed by atoms with Gasteiger partial charge in [-0.05, 0) is 113 Å². The lowest BCUT2D eigenvalue weighted by atomic mass is 9.78. The van der Waals surface area contributed by atoms with E-state index in [9.17, 15) is 42.6 Å². The van der Waals surface area contributed by atoms with Gasteiger partial charge in [0.05, 0.1) is 50.5 Å². The number of aliphatic hydroxyl groups is 2. The number of piperidine rings is 1. The molecule has 3 saturated heterocycles. The molecule has 0 aromatic carbocycles. The monoisotopic (exact) mass is 1100 g/mol. The predicted molar refractivity (Wildman–Crippen MR) is 290 cm³/mol. The van der Waals surface area contributed by atoms with Gasteiger partial charge in [0.2, 0.25) is 15.8 Å². The molecule has 1 amide bonds. The maximum absolute atomic E-state index is 14.6. The summed E-state index contributed by atoms with van der Waals surface area (Å²) in [6.45, 7) is 14.9. The van der Waals surface area contributed by atoms with Gasteiger partial charge in [-0.2, -0.15) is 0 Å². The van der Waals surface area contributed by atoms with Crippen molar-refractivity contribution in [1.29, 1.82) is 0 Å². The molecule has 77 heavy (non-hydrogen) atoms. The molecule has 1 saturated carbocycles. The number of sulfonamides is 1. The van der Waals surface area contributed by atoms with Crippen LogP contribution in [0.3, 0.4) is 0 Å². The first-order chi connectivity index (χ1) is 36.5. The number of ketones is 3. The molecule has 436 valence electrons. The second-order valence-corrected chi connectivity index (χ2v) is 24.8. The lowest BCUT2D eigenvalue weighted by Crippen LogP contribution is -2.61. The molecule has 0 radical (unpaired) electrons. The first-order valence-corrected chi connectivity index (χ1v) is 30.1. The Morgan fingerprint density at radius 1 is 0.857 bits per heavy atom. The summed E-state index contributed by atoms with van der Waals surface area (Å²) in [5.74, 6) is -7.90. The fourth-order valence-corrected chi connectivity index (χ4v) is 11.9. The van der Waals surface area contributed by atoms with Crippen LogP contribution in [0.1, 0.15) is 132 Å². The average Bonchev–Trinajstić information content (AvgIpc) is 3.37.